The molecule has 1 fully saturated rings. The van der Waals surface area contributed by atoms with Crippen molar-refractivity contribution < 1.29 is 23.4 Å². The van der Waals surface area contributed by atoms with Crippen LogP contribution in [0.1, 0.15) is 39.2 Å². The zero-order valence-electron chi connectivity index (χ0n) is 18.1. The van der Waals surface area contributed by atoms with Crippen LogP contribution in [0.25, 0.3) is 4.85 Å². The summed E-state index contributed by atoms with van der Waals surface area (Å²) >= 11 is 0. The van der Waals surface area contributed by atoms with E-state index >= 15 is 0 Å². The third-order valence-electron chi connectivity index (χ3n) is 4.73. The van der Waals surface area contributed by atoms with Crippen LogP contribution in [0.15, 0.2) is 42.5 Å². The van der Waals surface area contributed by atoms with E-state index in [2.05, 4.69) is 4.85 Å². The van der Waals surface area contributed by atoms with Gasteiger partial charge in [0.05, 0.1) is 6.57 Å². The summed E-state index contributed by atoms with van der Waals surface area (Å²) in [6, 6.07) is 11.4. The molecule has 0 aromatic heterocycles. The van der Waals surface area contributed by atoms with Crippen molar-refractivity contribution in [2.24, 2.45) is 0 Å². The smallest absolute Gasteiger partial charge is 0.410 e. The molecule has 0 aliphatic carbocycles. The van der Waals surface area contributed by atoms with Crippen molar-refractivity contribution in [1.82, 2.24) is 4.90 Å². The van der Waals surface area contributed by atoms with E-state index in [1.807, 2.05) is 45.0 Å². The zero-order chi connectivity index (χ0) is 22.4. The Morgan fingerprint density at radius 2 is 1.94 bits per heavy atom. The van der Waals surface area contributed by atoms with Crippen molar-refractivity contribution in [2.45, 2.75) is 51.9 Å². The number of hydrogen-bond acceptors (Lipinski definition) is 4. The van der Waals surface area contributed by atoms with Gasteiger partial charge in [0.15, 0.2) is 0 Å². The van der Waals surface area contributed by atoms with Gasteiger partial charge in [0.1, 0.15) is 35.6 Å². The Balaban J connectivity index is 1.52. The Bertz CT molecular complexity index is 957. The molecule has 6 nitrogen and oxygen atoms in total. The highest BCUT2D eigenvalue weighted by Gasteiger charge is 2.27. The van der Waals surface area contributed by atoms with Crippen molar-refractivity contribution in [3.05, 3.63) is 65.3 Å². The molecule has 2 aromatic carbocycles. The average molecular weight is 426 g/mol. The van der Waals surface area contributed by atoms with E-state index in [0.717, 1.165) is 30.2 Å². The maximum absolute atomic E-state index is 13.3. The Kier molecular flexibility index (Phi) is 7.01. The highest BCUT2D eigenvalue weighted by Crippen LogP contribution is 2.29. The summed E-state index contributed by atoms with van der Waals surface area (Å²) in [4.78, 5) is 17.2. The zero-order valence-corrected chi connectivity index (χ0v) is 18.1. The van der Waals surface area contributed by atoms with Crippen molar-refractivity contribution in [3.8, 4) is 11.5 Å². The van der Waals surface area contributed by atoms with Crippen molar-refractivity contribution in [3.63, 3.8) is 0 Å². The third kappa shape index (κ3) is 6.61. The fourth-order valence-electron chi connectivity index (χ4n) is 3.24. The van der Waals surface area contributed by atoms with Crippen LogP contribution in [-0.2, 0) is 11.3 Å². The number of piperidine rings is 1. The Morgan fingerprint density at radius 3 is 2.61 bits per heavy atom. The van der Waals surface area contributed by atoms with Crippen LogP contribution in [-0.4, -0.2) is 35.8 Å². The fourth-order valence-corrected chi connectivity index (χ4v) is 3.24. The molecule has 3 rings (SSSR count). The number of nitrogens with zero attached hydrogens (tertiary/aromatic N) is 2. The number of rotatable bonds is 5. The summed E-state index contributed by atoms with van der Waals surface area (Å²) in [5, 5.41) is 0. The van der Waals surface area contributed by atoms with E-state index in [1.165, 1.54) is 12.1 Å². The maximum Gasteiger partial charge on any atom is 0.410 e. The number of benzene rings is 2. The van der Waals surface area contributed by atoms with Gasteiger partial charge in [0, 0.05) is 25.9 Å². The van der Waals surface area contributed by atoms with Crippen LogP contribution < -0.4 is 9.47 Å². The first kappa shape index (κ1) is 22.4. The number of likely N-dealkylation sites (tertiary alicyclic amines) is 1. The van der Waals surface area contributed by atoms with Gasteiger partial charge in [-0.2, -0.15) is 0 Å². The van der Waals surface area contributed by atoms with E-state index in [0.29, 0.717) is 18.8 Å². The lowest BCUT2D eigenvalue weighted by Crippen LogP contribution is -2.44. The van der Waals surface area contributed by atoms with Crippen molar-refractivity contribution in [1.29, 1.82) is 0 Å². The second-order valence-corrected chi connectivity index (χ2v) is 8.44. The van der Waals surface area contributed by atoms with Crippen molar-refractivity contribution >= 4 is 11.8 Å². The third-order valence-corrected chi connectivity index (χ3v) is 4.73. The number of ether oxygens (including phenoxy) is 3. The predicted octanol–water partition coefficient (Wildman–Crippen LogP) is 5.73. The highest BCUT2D eigenvalue weighted by atomic mass is 19.1. The van der Waals surface area contributed by atoms with E-state index in [9.17, 15) is 9.18 Å². The van der Waals surface area contributed by atoms with Crippen LogP contribution in [0.3, 0.4) is 0 Å². The lowest BCUT2D eigenvalue weighted by atomic mass is 10.1. The SMILES string of the molecule is [C-]#[N+]c1cc(F)ccc1OCc1cccc(OC2CCN(C(=O)OC(C)(C)C)CC2)c1. The molecule has 0 saturated carbocycles. The molecule has 164 valence electrons. The molecule has 0 radical (unpaired) electrons. The van der Waals surface area contributed by atoms with Crippen molar-refractivity contribution in [2.75, 3.05) is 13.1 Å². The molecule has 1 heterocycles. The molecule has 1 amide bonds. The quantitative estimate of drug-likeness (QED) is 0.573. The monoisotopic (exact) mass is 426 g/mol. The van der Waals surface area contributed by atoms with E-state index in [4.69, 9.17) is 20.8 Å². The predicted molar refractivity (Wildman–Crippen MR) is 115 cm³/mol. The van der Waals surface area contributed by atoms with Crippen LogP contribution in [0.2, 0.25) is 0 Å². The minimum absolute atomic E-state index is 0.0145. The van der Waals surface area contributed by atoms with Crippen LogP contribution in [0.4, 0.5) is 14.9 Å². The Hall–Kier alpha value is -3.27. The van der Waals surface area contributed by atoms with Gasteiger partial charge in [-0.25, -0.2) is 14.0 Å². The van der Waals surface area contributed by atoms with E-state index < -0.39 is 11.4 Å². The molecule has 31 heavy (non-hydrogen) atoms. The molecular formula is C24H27FN2O4. The number of halogens is 1. The Morgan fingerprint density at radius 1 is 1.19 bits per heavy atom. The number of amides is 1. The summed E-state index contributed by atoms with van der Waals surface area (Å²) in [7, 11) is 0. The summed E-state index contributed by atoms with van der Waals surface area (Å²) < 4.78 is 30.5. The minimum atomic E-state index is -0.504. The molecule has 1 aliphatic rings. The summed E-state index contributed by atoms with van der Waals surface area (Å²) in [6.07, 6.45) is 1.18. The molecule has 0 unspecified atom stereocenters. The largest absolute Gasteiger partial charge is 0.500 e. The van der Waals surface area contributed by atoms with Gasteiger partial charge in [-0.15, -0.1) is 0 Å². The number of carbonyl (C=O) groups is 1. The van der Waals surface area contributed by atoms with E-state index in [1.54, 1.807) is 4.90 Å². The molecule has 0 atom stereocenters. The molecule has 0 N–H and O–H groups in total. The first-order chi connectivity index (χ1) is 14.7. The summed E-state index contributed by atoms with van der Waals surface area (Å²) in [6.45, 7) is 14.1. The topological polar surface area (TPSA) is 52.4 Å². The Labute approximate surface area is 182 Å². The fraction of sp³-hybridized carbons (Fsp3) is 0.417. The first-order valence-electron chi connectivity index (χ1n) is 10.3. The van der Waals surface area contributed by atoms with Gasteiger partial charge in [0.2, 0.25) is 5.69 Å². The van der Waals surface area contributed by atoms with Gasteiger partial charge in [-0.3, -0.25) is 0 Å². The lowest BCUT2D eigenvalue weighted by molar-refractivity contribution is 0.0126. The molecule has 1 aliphatic heterocycles. The number of carbonyl (C=O) groups excluding carboxylic acids is 1. The number of hydrogen-bond donors (Lipinski definition) is 0. The van der Waals surface area contributed by atoms with Crippen LogP contribution in [0.5, 0.6) is 11.5 Å². The standard InChI is InChI=1S/C24H27FN2O4/c1-24(2,3)31-23(28)27-12-10-19(11-13-27)30-20-7-5-6-17(14-20)16-29-22-9-8-18(25)15-21(22)26-4/h5-9,14-15,19H,10-13,16H2,1-3H3. The van der Waals surface area contributed by atoms with Crippen LogP contribution >= 0.6 is 0 Å². The summed E-state index contributed by atoms with van der Waals surface area (Å²) in [5.74, 6) is 0.602. The van der Waals surface area contributed by atoms with Gasteiger partial charge in [-0.05, 0) is 56.7 Å². The second kappa shape index (κ2) is 9.69. The van der Waals surface area contributed by atoms with Gasteiger partial charge >= 0.3 is 6.09 Å². The normalized spacial score (nSPS) is 14.6. The average Bonchev–Trinajstić information content (AvgIpc) is 2.72. The molecule has 0 spiro atoms. The van der Waals surface area contributed by atoms with Gasteiger partial charge in [0.25, 0.3) is 0 Å². The van der Waals surface area contributed by atoms with Gasteiger partial charge in [-0.1, -0.05) is 12.1 Å². The second-order valence-electron chi connectivity index (χ2n) is 8.44. The maximum atomic E-state index is 13.3. The van der Waals surface area contributed by atoms with E-state index in [-0.39, 0.29) is 24.5 Å². The minimum Gasteiger partial charge on any atom is -0.500 e. The summed E-state index contributed by atoms with van der Waals surface area (Å²) in [5.41, 5.74) is 0.518. The molecule has 2 aromatic rings. The van der Waals surface area contributed by atoms with Crippen LogP contribution in [0, 0.1) is 12.4 Å². The lowest BCUT2D eigenvalue weighted by Gasteiger charge is -2.33. The van der Waals surface area contributed by atoms with Gasteiger partial charge < -0.3 is 19.1 Å². The first-order valence-corrected chi connectivity index (χ1v) is 10.3. The highest BCUT2D eigenvalue weighted by molar-refractivity contribution is 5.68. The molecular weight excluding hydrogens is 399 g/mol. The molecule has 0 bridgehead atoms. The molecule has 7 heteroatoms. The molecule has 1 saturated heterocycles.